The predicted molar refractivity (Wildman–Crippen MR) is 74.8 cm³/mol. The number of nitrogens with zero attached hydrogens (tertiary/aromatic N) is 1. The Morgan fingerprint density at radius 2 is 2.21 bits per heavy atom. The monoisotopic (exact) mass is 305 g/mol. The van der Waals surface area contributed by atoms with Gasteiger partial charge in [-0.1, -0.05) is 18.3 Å². The summed E-state index contributed by atoms with van der Waals surface area (Å²) in [6.45, 7) is 5.12. The summed E-state index contributed by atoms with van der Waals surface area (Å²) in [6, 6.07) is 0. The van der Waals surface area contributed by atoms with E-state index in [1.54, 1.807) is 6.92 Å². The Morgan fingerprint density at radius 3 is 2.74 bits per heavy atom. The van der Waals surface area contributed by atoms with E-state index in [9.17, 15) is 13.2 Å². The van der Waals surface area contributed by atoms with Gasteiger partial charge >= 0.3 is 4.87 Å². The minimum absolute atomic E-state index is 0.128. The van der Waals surface area contributed by atoms with E-state index in [2.05, 4.69) is 11.9 Å². The molecule has 6 nitrogen and oxygen atoms in total. The summed E-state index contributed by atoms with van der Waals surface area (Å²) in [5.41, 5.74) is 6.11. The van der Waals surface area contributed by atoms with Crippen LogP contribution in [0.1, 0.15) is 19.0 Å². The number of hydrogen-bond donors (Lipinski definition) is 2. The van der Waals surface area contributed by atoms with Gasteiger partial charge in [-0.3, -0.25) is 4.79 Å². The number of aromatic nitrogens is 1. The zero-order valence-electron chi connectivity index (χ0n) is 11.0. The molecule has 2 heterocycles. The van der Waals surface area contributed by atoms with E-state index in [-0.39, 0.29) is 15.0 Å². The average Bonchev–Trinajstić information content (AvgIpc) is 2.69. The summed E-state index contributed by atoms with van der Waals surface area (Å²) < 4.78 is 26.6. The van der Waals surface area contributed by atoms with Crippen molar-refractivity contribution in [3.63, 3.8) is 0 Å². The lowest BCUT2D eigenvalue weighted by Crippen LogP contribution is -2.45. The molecule has 0 aliphatic carbocycles. The van der Waals surface area contributed by atoms with E-state index in [4.69, 9.17) is 5.73 Å². The van der Waals surface area contributed by atoms with Crippen molar-refractivity contribution in [3.05, 3.63) is 15.4 Å². The predicted octanol–water partition coefficient (Wildman–Crippen LogP) is 0.350. The first-order chi connectivity index (χ1) is 8.86. The van der Waals surface area contributed by atoms with Crippen LogP contribution in [0.15, 0.2) is 9.00 Å². The fourth-order valence-corrected chi connectivity index (χ4v) is 5.34. The molecule has 19 heavy (non-hydrogen) atoms. The van der Waals surface area contributed by atoms with Crippen LogP contribution in [-0.4, -0.2) is 37.3 Å². The molecule has 1 saturated heterocycles. The maximum absolute atomic E-state index is 12.5. The number of piperidine rings is 1. The molecule has 108 valence electrons. The third kappa shape index (κ3) is 2.76. The number of H-pyrrole nitrogens is 1. The van der Waals surface area contributed by atoms with E-state index in [1.807, 2.05) is 0 Å². The number of aromatic amines is 1. The first kappa shape index (κ1) is 14.7. The molecule has 2 atom stereocenters. The third-order valence-electron chi connectivity index (χ3n) is 3.73. The maximum atomic E-state index is 12.5. The van der Waals surface area contributed by atoms with Gasteiger partial charge in [0.15, 0.2) is 4.21 Å². The highest BCUT2D eigenvalue weighted by molar-refractivity contribution is 7.91. The van der Waals surface area contributed by atoms with Gasteiger partial charge in [-0.15, -0.1) is 0 Å². The van der Waals surface area contributed by atoms with Crippen molar-refractivity contribution in [2.75, 3.05) is 19.6 Å². The molecular formula is C11H19N3O3S2. The van der Waals surface area contributed by atoms with Gasteiger partial charge in [-0.2, -0.15) is 4.31 Å². The lowest BCUT2D eigenvalue weighted by molar-refractivity contribution is 0.203. The quantitative estimate of drug-likeness (QED) is 0.842. The molecule has 1 fully saturated rings. The highest BCUT2D eigenvalue weighted by Crippen LogP contribution is 2.28. The van der Waals surface area contributed by atoms with Crippen molar-refractivity contribution in [3.8, 4) is 0 Å². The van der Waals surface area contributed by atoms with Crippen LogP contribution >= 0.6 is 11.3 Å². The van der Waals surface area contributed by atoms with Crippen LogP contribution in [0.2, 0.25) is 0 Å². The van der Waals surface area contributed by atoms with E-state index in [1.165, 1.54) is 4.31 Å². The van der Waals surface area contributed by atoms with Gasteiger partial charge in [0, 0.05) is 18.8 Å². The molecule has 0 spiro atoms. The first-order valence-corrected chi connectivity index (χ1v) is 8.52. The fourth-order valence-electron chi connectivity index (χ4n) is 2.40. The molecule has 1 aromatic heterocycles. The van der Waals surface area contributed by atoms with Gasteiger partial charge in [0.2, 0.25) is 0 Å². The lowest BCUT2D eigenvalue weighted by Gasteiger charge is -2.35. The number of rotatable bonds is 3. The van der Waals surface area contributed by atoms with Crippen molar-refractivity contribution in [2.24, 2.45) is 17.6 Å². The van der Waals surface area contributed by atoms with Gasteiger partial charge in [0.05, 0.1) is 0 Å². The standard InChI is InChI=1S/C11H19N3O3S2/c1-7-3-4-14(6-9(7)5-12)19(16,17)10-8(2)13-11(15)18-10/h7,9H,3-6,12H2,1-2H3,(H,13,15). The van der Waals surface area contributed by atoms with Crippen molar-refractivity contribution in [1.82, 2.24) is 9.29 Å². The number of nitrogens with two attached hydrogens (primary N) is 1. The van der Waals surface area contributed by atoms with Gasteiger partial charge in [-0.25, -0.2) is 8.42 Å². The molecule has 0 amide bonds. The van der Waals surface area contributed by atoms with Crippen LogP contribution in [0.3, 0.4) is 0 Å². The van der Waals surface area contributed by atoms with Gasteiger partial charge in [-0.05, 0) is 31.7 Å². The van der Waals surface area contributed by atoms with Crippen LogP contribution < -0.4 is 10.6 Å². The summed E-state index contributed by atoms with van der Waals surface area (Å²) in [6.07, 6.45) is 0.805. The molecule has 2 rings (SSSR count). The largest absolute Gasteiger partial charge is 0.330 e. The van der Waals surface area contributed by atoms with Gasteiger partial charge in [0.25, 0.3) is 10.0 Å². The van der Waals surface area contributed by atoms with Crippen LogP contribution in [0.25, 0.3) is 0 Å². The average molecular weight is 305 g/mol. The first-order valence-electron chi connectivity index (χ1n) is 6.26. The Bertz CT molecular complexity index is 605. The number of sulfonamides is 1. The molecule has 3 N–H and O–H groups in total. The lowest BCUT2D eigenvalue weighted by atomic mass is 9.88. The minimum Gasteiger partial charge on any atom is -0.330 e. The second-order valence-corrected chi connectivity index (χ2v) is 8.17. The fraction of sp³-hybridized carbons (Fsp3) is 0.727. The van der Waals surface area contributed by atoms with Crippen LogP contribution in [0.5, 0.6) is 0 Å². The third-order valence-corrected chi connectivity index (χ3v) is 7.18. The van der Waals surface area contributed by atoms with Crippen molar-refractivity contribution in [1.29, 1.82) is 0 Å². The van der Waals surface area contributed by atoms with Crippen LogP contribution in [0.4, 0.5) is 0 Å². The number of hydrogen-bond acceptors (Lipinski definition) is 5. The number of nitrogens with one attached hydrogen (secondary N) is 1. The molecule has 0 aromatic carbocycles. The molecule has 0 radical (unpaired) electrons. The zero-order chi connectivity index (χ0) is 14.2. The Hall–Kier alpha value is -0.700. The molecule has 1 aliphatic rings. The number of aryl methyl sites for hydroxylation is 1. The molecule has 2 unspecified atom stereocenters. The summed E-state index contributed by atoms with van der Waals surface area (Å²) in [5, 5.41) is 0. The molecular weight excluding hydrogens is 286 g/mol. The zero-order valence-corrected chi connectivity index (χ0v) is 12.7. The Balaban J connectivity index is 2.30. The smallest absolute Gasteiger partial charge is 0.305 e. The summed E-state index contributed by atoms with van der Waals surface area (Å²) in [4.78, 5) is 13.5. The van der Waals surface area contributed by atoms with Crippen molar-refractivity contribution >= 4 is 21.4 Å². The van der Waals surface area contributed by atoms with E-state index >= 15 is 0 Å². The highest BCUT2D eigenvalue weighted by Gasteiger charge is 2.35. The Morgan fingerprint density at radius 1 is 1.53 bits per heavy atom. The van der Waals surface area contributed by atoms with Crippen molar-refractivity contribution < 1.29 is 8.42 Å². The second kappa shape index (κ2) is 5.35. The minimum atomic E-state index is -3.57. The van der Waals surface area contributed by atoms with Crippen LogP contribution in [0, 0.1) is 18.8 Å². The van der Waals surface area contributed by atoms with Crippen LogP contribution in [-0.2, 0) is 10.0 Å². The van der Waals surface area contributed by atoms with Crippen molar-refractivity contribution in [2.45, 2.75) is 24.5 Å². The van der Waals surface area contributed by atoms with Gasteiger partial charge in [0.1, 0.15) is 0 Å². The summed E-state index contributed by atoms with van der Waals surface area (Å²) in [5.74, 6) is 0.613. The normalized spacial score (nSPS) is 25.6. The Labute approximate surface area is 116 Å². The van der Waals surface area contributed by atoms with E-state index in [0.717, 1.165) is 17.8 Å². The summed E-state index contributed by atoms with van der Waals surface area (Å²) in [7, 11) is -3.57. The van der Waals surface area contributed by atoms with Gasteiger partial charge < -0.3 is 10.7 Å². The molecule has 0 bridgehead atoms. The summed E-state index contributed by atoms with van der Waals surface area (Å²) >= 11 is 0.753. The van der Waals surface area contributed by atoms with E-state index in [0.29, 0.717) is 31.2 Å². The molecule has 1 aromatic rings. The molecule has 0 saturated carbocycles. The van der Waals surface area contributed by atoms with E-state index < -0.39 is 10.0 Å². The maximum Gasteiger partial charge on any atom is 0.305 e. The topological polar surface area (TPSA) is 96.3 Å². The second-order valence-electron chi connectivity index (χ2n) is 5.05. The molecule has 1 aliphatic heterocycles. The molecule has 8 heteroatoms. The Kier molecular flexibility index (Phi) is 4.14. The SMILES string of the molecule is Cc1[nH]c(=O)sc1S(=O)(=O)N1CCC(C)C(CN)C1. The number of thiazole rings is 1. The highest BCUT2D eigenvalue weighted by atomic mass is 32.2.